The fourth-order valence-electron chi connectivity index (χ4n) is 5.28. The number of ketones is 1. The number of carbonyl (C=O) groups excluding carboxylic acids is 3. The summed E-state index contributed by atoms with van der Waals surface area (Å²) in [4.78, 5) is 40.4. The summed E-state index contributed by atoms with van der Waals surface area (Å²) in [6.45, 7) is 4.13. The summed E-state index contributed by atoms with van der Waals surface area (Å²) >= 11 is 0. The number of halogens is 1. The topological polar surface area (TPSA) is 71.4 Å². The van der Waals surface area contributed by atoms with Crippen LogP contribution < -0.4 is 5.32 Å². The number of fused-ring (bicyclic) bond motifs is 2. The second-order valence-corrected chi connectivity index (χ2v) is 9.12. The van der Waals surface area contributed by atoms with E-state index in [9.17, 15) is 18.8 Å². The Morgan fingerprint density at radius 1 is 1.09 bits per heavy atom. The zero-order valence-corrected chi connectivity index (χ0v) is 19.2. The van der Waals surface area contributed by atoms with Gasteiger partial charge in [0.1, 0.15) is 11.4 Å². The van der Waals surface area contributed by atoms with Crippen LogP contribution in [0.5, 0.6) is 0 Å². The van der Waals surface area contributed by atoms with E-state index >= 15 is 0 Å². The number of hydrogen-bond donors (Lipinski definition) is 1. The first-order valence-electron chi connectivity index (χ1n) is 11.5. The van der Waals surface area contributed by atoms with Crippen molar-refractivity contribution in [3.05, 3.63) is 94.1 Å². The zero-order valence-electron chi connectivity index (χ0n) is 19.2. The van der Waals surface area contributed by atoms with Gasteiger partial charge in [-0.1, -0.05) is 36.4 Å². The zero-order chi connectivity index (χ0) is 24.0. The van der Waals surface area contributed by atoms with E-state index in [1.807, 2.05) is 42.7 Å². The Hall–Kier alpha value is -3.74. The van der Waals surface area contributed by atoms with Gasteiger partial charge in [0, 0.05) is 23.5 Å². The van der Waals surface area contributed by atoms with Crippen LogP contribution in [0.15, 0.2) is 54.6 Å². The third kappa shape index (κ3) is 3.52. The van der Waals surface area contributed by atoms with Crippen molar-refractivity contribution in [3.8, 4) is 0 Å². The molecule has 2 aliphatic rings. The fraction of sp³-hybridized carbons (Fsp3) is 0.296. The largest absolute Gasteiger partial charge is 0.348 e. The number of nitrogens with one attached hydrogen (secondary N) is 1. The number of aromatic nitrogens is 1. The van der Waals surface area contributed by atoms with Crippen molar-refractivity contribution in [1.82, 2.24) is 14.8 Å². The molecule has 1 saturated heterocycles. The summed E-state index contributed by atoms with van der Waals surface area (Å²) in [5.74, 6) is -0.901. The van der Waals surface area contributed by atoms with Crippen molar-refractivity contribution < 1.29 is 18.8 Å². The SMILES string of the molecule is Cc1cc(C(=O)CN2C(=O)N[C@]3(CCc4ccccc43)C2=O)c(C)n1CCc1ccc(F)cc1. The highest BCUT2D eigenvalue weighted by Crippen LogP contribution is 2.41. The van der Waals surface area contributed by atoms with Crippen LogP contribution in [0, 0.1) is 19.7 Å². The molecule has 6 nitrogen and oxygen atoms in total. The van der Waals surface area contributed by atoms with Crippen molar-refractivity contribution in [2.24, 2.45) is 0 Å². The molecule has 2 aromatic carbocycles. The monoisotopic (exact) mass is 459 g/mol. The molecule has 0 bridgehead atoms. The van der Waals surface area contributed by atoms with Crippen molar-refractivity contribution in [1.29, 1.82) is 0 Å². The van der Waals surface area contributed by atoms with Crippen LogP contribution in [0.25, 0.3) is 0 Å². The molecule has 1 aromatic heterocycles. The Bertz CT molecular complexity index is 1310. The molecule has 5 rings (SSSR count). The van der Waals surface area contributed by atoms with Gasteiger partial charge in [0.15, 0.2) is 5.78 Å². The van der Waals surface area contributed by atoms with Crippen LogP contribution in [-0.2, 0) is 29.7 Å². The van der Waals surface area contributed by atoms with Crippen LogP contribution in [0.3, 0.4) is 0 Å². The fourth-order valence-corrected chi connectivity index (χ4v) is 5.28. The van der Waals surface area contributed by atoms with Gasteiger partial charge in [-0.3, -0.25) is 14.5 Å². The Balaban J connectivity index is 1.33. The maximum Gasteiger partial charge on any atom is 0.325 e. The van der Waals surface area contributed by atoms with Gasteiger partial charge in [0.25, 0.3) is 5.91 Å². The van der Waals surface area contributed by atoms with E-state index < -0.39 is 11.6 Å². The highest BCUT2D eigenvalue weighted by atomic mass is 19.1. The molecule has 1 aliphatic heterocycles. The number of carbonyl (C=O) groups is 3. The quantitative estimate of drug-likeness (QED) is 0.446. The average Bonchev–Trinajstić information content (AvgIpc) is 3.42. The number of nitrogens with zero attached hydrogens (tertiary/aromatic N) is 2. The van der Waals surface area contributed by atoms with Crippen molar-refractivity contribution in [3.63, 3.8) is 0 Å². The molecular formula is C27H26FN3O3. The smallest absolute Gasteiger partial charge is 0.325 e. The van der Waals surface area contributed by atoms with Crippen LogP contribution in [0.2, 0.25) is 0 Å². The molecule has 1 atom stereocenters. The van der Waals surface area contributed by atoms with E-state index in [1.54, 1.807) is 18.2 Å². The van der Waals surface area contributed by atoms with Crippen molar-refractivity contribution >= 4 is 17.7 Å². The minimum Gasteiger partial charge on any atom is -0.348 e. The summed E-state index contributed by atoms with van der Waals surface area (Å²) < 4.78 is 15.2. The van der Waals surface area contributed by atoms with Gasteiger partial charge in [-0.15, -0.1) is 0 Å². The summed E-state index contributed by atoms with van der Waals surface area (Å²) in [7, 11) is 0. The molecule has 1 spiro atoms. The molecule has 2 heterocycles. The predicted octanol–water partition coefficient (Wildman–Crippen LogP) is 4.06. The van der Waals surface area contributed by atoms with E-state index in [-0.39, 0.29) is 24.1 Å². The number of benzene rings is 2. The number of urea groups is 1. The summed E-state index contributed by atoms with van der Waals surface area (Å²) in [6.07, 6.45) is 1.90. The molecule has 0 radical (unpaired) electrons. The summed E-state index contributed by atoms with van der Waals surface area (Å²) in [6, 6.07) is 15.3. The first-order chi connectivity index (χ1) is 16.3. The van der Waals surface area contributed by atoms with E-state index in [1.165, 1.54) is 12.1 Å². The average molecular weight is 460 g/mol. The van der Waals surface area contributed by atoms with Crippen LogP contribution in [-0.4, -0.2) is 33.7 Å². The van der Waals surface area contributed by atoms with Crippen LogP contribution in [0.1, 0.15) is 44.9 Å². The van der Waals surface area contributed by atoms with E-state index in [0.29, 0.717) is 31.4 Å². The maximum absolute atomic E-state index is 13.4. The number of rotatable bonds is 6. The Kier molecular flexibility index (Phi) is 5.35. The van der Waals surface area contributed by atoms with Gasteiger partial charge in [0.2, 0.25) is 0 Å². The molecule has 34 heavy (non-hydrogen) atoms. The molecule has 3 aromatic rings. The van der Waals surface area contributed by atoms with Crippen molar-refractivity contribution in [2.45, 2.75) is 45.2 Å². The molecular weight excluding hydrogens is 433 g/mol. The first-order valence-corrected chi connectivity index (χ1v) is 11.5. The lowest BCUT2D eigenvalue weighted by Gasteiger charge is -2.22. The molecule has 174 valence electrons. The minimum atomic E-state index is -1.07. The Morgan fingerprint density at radius 3 is 2.59 bits per heavy atom. The third-order valence-corrected chi connectivity index (χ3v) is 7.14. The number of hydrogen-bond acceptors (Lipinski definition) is 3. The molecule has 1 N–H and O–H groups in total. The van der Waals surface area contributed by atoms with Gasteiger partial charge < -0.3 is 9.88 Å². The molecule has 1 fully saturated rings. The lowest BCUT2D eigenvalue weighted by Crippen LogP contribution is -2.42. The molecule has 7 heteroatoms. The van der Waals surface area contributed by atoms with Gasteiger partial charge in [0.05, 0.1) is 6.54 Å². The normalized spacial score (nSPS) is 19.1. The summed E-state index contributed by atoms with van der Waals surface area (Å²) in [5.41, 5.74) is 4.02. The first kappa shape index (κ1) is 22.1. The highest BCUT2D eigenvalue weighted by molar-refractivity contribution is 6.12. The standard InChI is InChI=1S/C27H26FN3O3/c1-17-15-22(18(2)30(17)14-12-19-7-9-21(28)10-8-19)24(32)16-31-25(33)27(29-26(31)34)13-11-20-5-3-4-6-23(20)27/h3-10,15H,11-14,16H2,1-2H3,(H,29,34)/t27-/m0/s1. The number of Topliss-reactive ketones (excluding diaryl/α,β-unsaturated/α-hetero) is 1. The van der Waals surface area contributed by atoms with Gasteiger partial charge in [-0.2, -0.15) is 0 Å². The molecule has 0 saturated carbocycles. The van der Waals surface area contributed by atoms with Crippen LogP contribution in [0.4, 0.5) is 9.18 Å². The van der Waals surface area contributed by atoms with Gasteiger partial charge >= 0.3 is 6.03 Å². The number of imide groups is 1. The Morgan fingerprint density at radius 2 is 1.82 bits per heavy atom. The third-order valence-electron chi connectivity index (χ3n) is 7.14. The predicted molar refractivity (Wildman–Crippen MR) is 125 cm³/mol. The molecule has 1 aliphatic carbocycles. The molecule has 3 amide bonds. The summed E-state index contributed by atoms with van der Waals surface area (Å²) in [5, 5.41) is 2.87. The highest BCUT2D eigenvalue weighted by Gasteiger charge is 2.55. The Labute approximate surface area is 197 Å². The number of aryl methyl sites for hydroxylation is 3. The van der Waals surface area contributed by atoms with E-state index in [2.05, 4.69) is 5.32 Å². The molecule has 0 unspecified atom stereocenters. The van der Waals surface area contributed by atoms with Gasteiger partial charge in [-0.25, -0.2) is 9.18 Å². The van der Waals surface area contributed by atoms with Crippen LogP contribution >= 0.6 is 0 Å². The second kappa shape index (κ2) is 8.24. The minimum absolute atomic E-state index is 0.270. The van der Waals surface area contributed by atoms with Crippen molar-refractivity contribution in [2.75, 3.05) is 6.54 Å². The number of amides is 3. The van der Waals surface area contributed by atoms with E-state index in [0.717, 1.165) is 33.0 Å². The lowest BCUT2D eigenvalue weighted by molar-refractivity contribution is -0.131. The second-order valence-electron chi connectivity index (χ2n) is 9.12. The van der Waals surface area contributed by atoms with E-state index in [4.69, 9.17) is 0 Å². The van der Waals surface area contributed by atoms with Gasteiger partial charge in [-0.05, 0) is 68.0 Å². The maximum atomic E-state index is 13.4. The lowest BCUT2D eigenvalue weighted by atomic mass is 9.92.